The van der Waals surface area contributed by atoms with Gasteiger partial charge in [-0.15, -0.1) is 0 Å². The van der Waals surface area contributed by atoms with E-state index < -0.39 is 15.6 Å². The average molecular weight is 311 g/mol. The van der Waals surface area contributed by atoms with E-state index in [9.17, 15) is 13.5 Å². The van der Waals surface area contributed by atoms with Crippen LogP contribution in [0.15, 0.2) is 4.21 Å². The lowest BCUT2D eigenvalue weighted by Gasteiger charge is -2.22. The summed E-state index contributed by atoms with van der Waals surface area (Å²) in [7, 11) is -3.73. The van der Waals surface area contributed by atoms with Crippen LogP contribution in [0.3, 0.4) is 0 Å². The molecule has 0 aromatic carbocycles. The zero-order valence-electron chi connectivity index (χ0n) is 10.4. The summed E-state index contributed by atoms with van der Waals surface area (Å²) in [6.45, 7) is 3.59. The number of primary sulfonamides is 1. The van der Waals surface area contributed by atoms with Crippen LogP contribution in [-0.2, 0) is 10.0 Å². The lowest BCUT2D eigenvalue weighted by Crippen LogP contribution is -2.36. The molecule has 1 atom stereocenters. The van der Waals surface area contributed by atoms with Crippen LogP contribution in [-0.4, -0.2) is 42.7 Å². The Hall–Kier alpha value is -0.350. The number of rotatable bonds is 6. The number of aliphatic hydroxyl groups is 1. The number of nitrogens with zero attached hydrogens (tertiary/aromatic N) is 1. The van der Waals surface area contributed by atoms with Crippen molar-refractivity contribution >= 4 is 38.3 Å². The van der Waals surface area contributed by atoms with Crippen molar-refractivity contribution in [3.63, 3.8) is 0 Å². The van der Waals surface area contributed by atoms with Gasteiger partial charge < -0.3 is 10.4 Å². The molecule has 0 amide bonds. The monoisotopic (exact) mass is 311 g/mol. The third-order valence-corrected chi connectivity index (χ3v) is 5.67. The van der Waals surface area contributed by atoms with Gasteiger partial charge in [-0.25, -0.2) is 18.5 Å². The summed E-state index contributed by atoms with van der Waals surface area (Å²) in [5.41, 5.74) is -0.504. The van der Waals surface area contributed by atoms with Crippen molar-refractivity contribution in [3.8, 4) is 0 Å². The van der Waals surface area contributed by atoms with Crippen LogP contribution in [0.2, 0.25) is 0 Å². The van der Waals surface area contributed by atoms with Crippen molar-refractivity contribution in [3.05, 3.63) is 5.69 Å². The molecule has 1 aromatic rings. The van der Waals surface area contributed by atoms with E-state index in [1.54, 1.807) is 13.8 Å². The van der Waals surface area contributed by atoms with Gasteiger partial charge in [0.2, 0.25) is 10.0 Å². The Bertz CT molecular complexity index is 510. The zero-order chi connectivity index (χ0) is 14.0. The van der Waals surface area contributed by atoms with Crippen LogP contribution < -0.4 is 10.5 Å². The van der Waals surface area contributed by atoms with Crippen LogP contribution in [0, 0.1) is 6.92 Å². The smallest absolute Gasteiger partial charge is 0.249 e. The molecule has 1 rings (SSSR count). The minimum atomic E-state index is -3.73. The zero-order valence-corrected chi connectivity index (χ0v) is 12.9. The summed E-state index contributed by atoms with van der Waals surface area (Å²) in [4.78, 5) is 4.07. The summed E-state index contributed by atoms with van der Waals surface area (Å²) in [5, 5.41) is 18.4. The lowest BCUT2D eigenvalue weighted by atomic mass is 10.1. The number of thiazole rings is 1. The number of aromatic nitrogens is 1. The van der Waals surface area contributed by atoms with E-state index >= 15 is 0 Å². The fraction of sp³-hybridized carbons (Fsp3) is 0.667. The maximum absolute atomic E-state index is 11.2. The number of aryl methyl sites for hydroxylation is 1. The Labute approximate surface area is 115 Å². The van der Waals surface area contributed by atoms with Gasteiger partial charge in [0, 0.05) is 12.3 Å². The van der Waals surface area contributed by atoms with Gasteiger partial charge in [0.15, 0.2) is 9.34 Å². The Balaban J connectivity index is 2.76. The number of nitrogens with two attached hydrogens (primary N) is 1. The van der Waals surface area contributed by atoms with Gasteiger partial charge in [0.25, 0.3) is 0 Å². The van der Waals surface area contributed by atoms with Crippen molar-refractivity contribution in [1.82, 2.24) is 4.98 Å². The molecule has 1 aromatic heterocycles. The predicted molar refractivity (Wildman–Crippen MR) is 75.7 cm³/mol. The first-order valence-corrected chi connectivity index (χ1v) is 8.87. The third-order valence-electron chi connectivity index (χ3n) is 2.09. The fourth-order valence-corrected chi connectivity index (χ4v) is 3.93. The number of thioether (sulfide) groups is 1. The van der Waals surface area contributed by atoms with E-state index in [1.807, 2.05) is 6.26 Å². The molecule has 4 N–H and O–H groups in total. The molecule has 18 heavy (non-hydrogen) atoms. The van der Waals surface area contributed by atoms with Crippen molar-refractivity contribution in [2.75, 3.05) is 23.9 Å². The Kier molecular flexibility index (Phi) is 5.01. The van der Waals surface area contributed by atoms with Gasteiger partial charge in [0.1, 0.15) is 0 Å². The highest BCUT2D eigenvalue weighted by atomic mass is 32.2. The molecule has 0 saturated carbocycles. The summed E-state index contributed by atoms with van der Waals surface area (Å²) in [5.74, 6) is 0.576. The van der Waals surface area contributed by atoms with Gasteiger partial charge in [-0.1, -0.05) is 11.3 Å². The number of hydrogen-bond donors (Lipinski definition) is 3. The highest BCUT2D eigenvalue weighted by Crippen LogP contribution is 2.26. The van der Waals surface area contributed by atoms with Gasteiger partial charge in [-0.2, -0.15) is 11.8 Å². The van der Waals surface area contributed by atoms with Gasteiger partial charge >= 0.3 is 0 Å². The highest BCUT2D eigenvalue weighted by Gasteiger charge is 2.22. The lowest BCUT2D eigenvalue weighted by molar-refractivity contribution is 0.0997. The van der Waals surface area contributed by atoms with E-state index in [1.165, 1.54) is 11.8 Å². The van der Waals surface area contributed by atoms with Gasteiger partial charge in [-0.05, 0) is 20.1 Å². The van der Waals surface area contributed by atoms with Crippen molar-refractivity contribution < 1.29 is 13.5 Å². The Morgan fingerprint density at radius 3 is 2.67 bits per heavy atom. The second-order valence-electron chi connectivity index (χ2n) is 4.22. The first-order chi connectivity index (χ1) is 8.15. The molecule has 104 valence electrons. The molecule has 1 unspecified atom stereocenters. The topological polar surface area (TPSA) is 105 Å². The second-order valence-corrected chi connectivity index (χ2v) is 7.84. The van der Waals surface area contributed by atoms with E-state index in [0.29, 0.717) is 23.1 Å². The molecule has 0 aliphatic rings. The van der Waals surface area contributed by atoms with Crippen LogP contribution in [0.1, 0.15) is 12.6 Å². The first-order valence-electron chi connectivity index (χ1n) is 5.11. The van der Waals surface area contributed by atoms with Gasteiger partial charge in [0.05, 0.1) is 11.3 Å². The Morgan fingerprint density at radius 1 is 1.61 bits per heavy atom. The maximum Gasteiger partial charge on any atom is 0.249 e. The molecule has 9 heteroatoms. The summed E-state index contributed by atoms with van der Waals surface area (Å²) >= 11 is 2.51. The maximum atomic E-state index is 11.2. The summed E-state index contributed by atoms with van der Waals surface area (Å²) in [6.07, 6.45) is 1.90. The fourth-order valence-electron chi connectivity index (χ4n) is 1.35. The number of anilines is 1. The molecule has 6 nitrogen and oxygen atoms in total. The molecule has 0 aliphatic heterocycles. The molecule has 0 aliphatic carbocycles. The highest BCUT2D eigenvalue weighted by molar-refractivity contribution is 7.98. The molecule has 0 fully saturated rings. The summed E-state index contributed by atoms with van der Waals surface area (Å²) < 4.78 is 22.5. The van der Waals surface area contributed by atoms with Crippen molar-refractivity contribution in [2.24, 2.45) is 5.14 Å². The minimum Gasteiger partial charge on any atom is -0.387 e. The third kappa shape index (κ3) is 4.39. The van der Waals surface area contributed by atoms with Crippen LogP contribution in [0.5, 0.6) is 0 Å². The number of hydrogen-bond acceptors (Lipinski definition) is 7. The molecule has 0 saturated heterocycles. The van der Waals surface area contributed by atoms with Gasteiger partial charge in [-0.3, -0.25) is 0 Å². The summed E-state index contributed by atoms with van der Waals surface area (Å²) in [6, 6.07) is 0. The molecule has 0 radical (unpaired) electrons. The van der Waals surface area contributed by atoms with Crippen molar-refractivity contribution in [2.45, 2.75) is 23.7 Å². The normalized spacial score (nSPS) is 15.4. The van der Waals surface area contributed by atoms with E-state index in [0.717, 1.165) is 11.3 Å². The quantitative estimate of drug-likeness (QED) is 0.711. The molecule has 1 heterocycles. The standard InChI is InChI=1S/C9H17N3O3S3/c1-6-7(18(10,14)15)17-8(12-6)11-4-9(2,13)5-16-3/h13H,4-5H2,1-3H3,(H,11,12)(H2,10,14,15). The van der Waals surface area contributed by atoms with Crippen molar-refractivity contribution in [1.29, 1.82) is 0 Å². The Morgan fingerprint density at radius 2 is 2.22 bits per heavy atom. The largest absolute Gasteiger partial charge is 0.387 e. The van der Waals surface area contributed by atoms with Crippen LogP contribution in [0.25, 0.3) is 0 Å². The number of nitrogens with one attached hydrogen (secondary N) is 1. The van der Waals surface area contributed by atoms with Crippen LogP contribution >= 0.6 is 23.1 Å². The SMILES string of the molecule is CSCC(C)(O)CNc1nc(C)c(S(N)(=O)=O)s1. The van der Waals surface area contributed by atoms with E-state index in [4.69, 9.17) is 5.14 Å². The second kappa shape index (κ2) is 5.74. The van der Waals surface area contributed by atoms with E-state index in [2.05, 4.69) is 10.3 Å². The van der Waals surface area contributed by atoms with Crippen LogP contribution in [0.4, 0.5) is 5.13 Å². The first kappa shape index (κ1) is 15.7. The average Bonchev–Trinajstić information content (AvgIpc) is 2.56. The predicted octanol–water partition coefficient (Wildman–Crippen LogP) is 0.625. The number of sulfonamides is 1. The molecular weight excluding hydrogens is 294 g/mol. The van der Waals surface area contributed by atoms with E-state index in [-0.39, 0.29) is 4.21 Å². The molecule has 0 spiro atoms. The molecular formula is C9H17N3O3S3. The minimum absolute atomic E-state index is 0.0505. The molecule has 0 bridgehead atoms.